The third-order valence-electron chi connectivity index (χ3n) is 7.54. The van der Waals surface area contributed by atoms with Crippen LogP contribution in [0.1, 0.15) is 38.7 Å². The molecule has 336 valence electrons. The van der Waals surface area contributed by atoms with Gasteiger partial charge in [0.25, 0.3) is 0 Å². The third-order valence-corrected chi connectivity index (χ3v) is 7.54. The molecule has 0 spiro atoms. The first-order valence-electron chi connectivity index (χ1n) is 19.8. The quantitative estimate of drug-likeness (QED) is 0.0943. The van der Waals surface area contributed by atoms with Gasteiger partial charge in [-0.25, -0.2) is 0 Å². The number of piperidine rings is 1. The summed E-state index contributed by atoms with van der Waals surface area (Å²) in [6, 6.07) is 25.1. The second-order valence-corrected chi connectivity index (χ2v) is 12.5. The molecule has 1 heterocycles. The van der Waals surface area contributed by atoms with Crippen molar-refractivity contribution in [2.45, 2.75) is 40.0 Å². The highest BCUT2D eigenvalue weighted by Crippen LogP contribution is 2.16. The Morgan fingerprint density at radius 2 is 1.27 bits per heavy atom. The van der Waals surface area contributed by atoms with Gasteiger partial charge in [-0.3, -0.25) is 14.4 Å². The number of para-hydroxylation sites is 1. The van der Waals surface area contributed by atoms with Crippen LogP contribution >= 0.6 is 0 Å². The highest BCUT2D eigenvalue weighted by atomic mass is 16.5. The van der Waals surface area contributed by atoms with E-state index in [0.29, 0.717) is 32.3 Å². The van der Waals surface area contributed by atoms with Crippen LogP contribution in [0.15, 0.2) is 117 Å². The molecule has 0 aliphatic carbocycles. The van der Waals surface area contributed by atoms with Crippen LogP contribution in [0.25, 0.3) is 0 Å². The lowest BCUT2D eigenvalue weighted by molar-refractivity contribution is -0.127. The Labute approximate surface area is 361 Å². The molecule has 13 heteroatoms. The Hall–Kier alpha value is -5.47. The number of likely N-dealkylation sites (N-methyl/N-ethyl adjacent to an activating group) is 1. The van der Waals surface area contributed by atoms with E-state index in [-0.39, 0.29) is 17.7 Å². The zero-order chi connectivity index (χ0) is 45.8. The second kappa shape index (κ2) is 43.1. The zero-order valence-electron chi connectivity index (χ0n) is 37.8. The van der Waals surface area contributed by atoms with Crippen LogP contribution in [-0.4, -0.2) is 111 Å². The molecule has 4 rings (SSSR count). The van der Waals surface area contributed by atoms with Crippen molar-refractivity contribution in [2.24, 2.45) is 11.7 Å². The molecule has 0 unspecified atom stereocenters. The molecule has 13 nitrogen and oxygen atoms in total. The fourth-order valence-corrected chi connectivity index (χ4v) is 4.13. The Bertz CT molecular complexity index is 1480. The van der Waals surface area contributed by atoms with Gasteiger partial charge in [-0.05, 0) is 105 Å². The van der Waals surface area contributed by atoms with Crippen LogP contribution in [0.5, 0.6) is 11.5 Å². The van der Waals surface area contributed by atoms with Crippen molar-refractivity contribution >= 4 is 29.1 Å². The number of benzene rings is 3. The number of ether oxygens (including phenoxy) is 5. The molecule has 1 saturated heterocycles. The number of nitrogens with two attached hydrogens (primary N) is 1. The summed E-state index contributed by atoms with van der Waals surface area (Å²) < 4.78 is 24.5. The lowest BCUT2D eigenvalue weighted by Gasteiger charge is -2.29. The van der Waals surface area contributed by atoms with Crippen molar-refractivity contribution in [1.29, 1.82) is 0 Å². The predicted octanol–water partition coefficient (Wildman–Crippen LogP) is 7.55. The van der Waals surface area contributed by atoms with Gasteiger partial charge in [0.1, 0.15) is 18.1 Å². The number of amides is 3. The van der Waals surface area contributed by atoms with Gasteiger partial charge >= 0.3 is 0 Å². The topological polar surface area (TPSA) is 163 Å². The molecule has 0 radical (unpaired) electrons. The van der Waals surface area contributed by atoms with Gasteiger partial charge < -0.3 is 50.3 Å². The Kier molecular flexibility index (Phi) is 42.3. The summed E-state index contributed by atoms with van der Waals surface area (Å²) in [5.74, 6) is 2.20. The number of aryl methyl sites for hydroxylation is 1. The average molecular weight is 838 g/mol. The summed E-state index contributed by atoms with van der Waals surface area (Å²) in [4.78, 5) is 33.8. The number of hydrogen-bond donors (Lipinski definition) is 4. The van der Waals surface area contributed by atoms with E-state index < -0.39 is 0 Å². The predicted molar refractivity (Wildman–Crippen MR) is 249 cm³/mol. The summed E-state index contributed by atoms with van der Waals surface area (Å²) >= 11 is 0. The van der Waals surface area contributed by atoms with Crippen LogP contribution in [0.4, 0.5) is 11.4 Å². The molecule has 3 aromatic carbocycles. The second-order valence-electron chi connectivity index (χ2n) is 12.5. The number of nitrogens with one attached hydrogen (secondary N) is 3. The van der Waals surface area contributed by atoms with Crippen molar-refractivity contribution in [1.82, 2.24) is 10.2 Å². The molecule has 0 saturated carbocycles. The standard InChI is InChI=1S/C10H15NO2.C10H11NO.C9H15NO.C7H8O.C4H7NO.C4H10O2.C3H9N/c1-11-9-3-5-10(6-4-9)13-8-7-12-2;1-3-10(12)11-9-6-4-8(2)5-7-9;1-3-9(11)10-6-4-5-8(2)7-10;1-8-7-5-3-2-4-6-7;1-3-4(6)5-2;1-5-3-4-6-2;1-2-3-4/h3-6,11H,7-8H2,1-2H3;3-7H,1H2,2H3,(H,11,12);3,8H,1,4-7H2,2H3;2-6H,1H3;3H,1H2,2H3,(H,5,6);3-4H2,1-2H3;2-4H2,1H3/t;;8-;;;;/m..0..../s1. The monoisotopic (exact) mass is 838 g/mol. The van der Waals surface area contributed by atoms with Gasteiger partial charge in [0.05, 0.1) is 26.9 Å². The summed E-state index contributed by atoms with van der Waals surface area (Å²) in [6.45, 7) is 21.5. The summed E-state index contributed by atoms with van der Waals surface area (Å²) in [7, 11) is 10.1. The van der Waals surface area contributed by atoms with Crippen molar-refractivity contribution in [3.05, 3.63) is 122 Å². The van der Waals surface area contributed by atoms with E-state index in [0.717, 1.165) is 55.3 Å². The van der Waals surface area contributed by atoms with Gasteiger partial charge in [-0.15, -0.1) is 0 Å². The summed E-state index contributed by atoms with van der Waals surface area (Å²) in [5, 5.41) is 8.06. The number of carbonyl (C=O) groups is 3. The van der Waals surface area contributed by atoms with Crippen molar-refractivity contribution < 1.29 is 38.1 Å². The molecule has 1 aliphatic heterocycles. The van der Waals surface area contributed by atoms with Gasteiger partial charge in [-0.2, -0.15) is 0 Å². The smallest absolute Gasteiger partial charge is 0.247 e. The van der Waals surface area contributed by atoms with E-state index in [2.05, 4.69) is 59.0 Å². The van der Waals surface area contributed by atoms with Crippen molar-refractivity contribution in [3.63, 3.8) is 0 Å². The third kappa shape index (κ3) is 36.8. The minimum atomic E-state index is -0.182. The molecule has 3 aromatic rings. The SMILES string of the molecule is C=CC(=O)N1CCC[C@H](C)C1.C=CC(=O)NC.C=CC(=O)Nc1ccc(C)cc1.CCCN.CNc1ccc(OCCOC)cc1.COCCOC.COc1ccccc1. The van der Waals surface area contributed by atoms with Crippen LogP contribution in [-0.2, 0) is 28.6 Å². The van der Waals surface area contributed by atoms with Gasteiger partial charge in [0.2, 0.25) is 17.7 Å². The largest absolute Gasteiger partial charge is 0.497 e. The van der Waals surface area contributed by atoms with Gasteiger partial charge in [0.15, 0.2) is 0 Å². The maximum atomic E-state index is 11.1. The lowest BCUT2D eigenvalue weighted by atomic mass is 10.0. The summed E-state index contributed by atoms with van der Waals surface area (Å²) in [5.41, 5.74) is 8.08. The molecule has 3 amide bonds. The summed E-state index contributed by atoms with van der Waals surface area (Å²) in [6.07, 6.45) is 7.36. The maximum Gasteiger partial charge on any atom is 0.247 e. The van der Waals surface area contributed by atoms with E-state index in [9.17, 15) is 14.4 Å². The van der Waals surface area contributed by atoms with Crippen LogP contribution < -0.4 is 31.2 Å². The number of likely N-dealkylation sites (tertiary alicyclic amines) is 1. The fourth-order valence-electron chi connectivity index (χ4n) is 4.13. The first kappa shape index (κ1) is 58.8. The minimum absolute atomic E-state index is 0.0801. The lowest BCUT2D eigenvalue weighted by Crippen LogP contribution is -2.37. The highest BCUT2D eigenvalue weighted by molar-refractivity contribution is 5.98. The van der Waals surface area contributed by atoms with Gasteiger partial charge in [0, 0.05) is 59.9 Å². The number of anilines is 2. The number of nitrogens with zero attached hydrogens (tertiary/aromatic N) is 1. The zero-order valence-corrected chi connectivity index (χ0v) is 37.8. The van der Waals surface area contributed by atoms with Crippen LogP contribution in [0, 0.1) is 12.8 Å². The van der Waals surface area contributed by atoms with E-state index in [1.54, 1.807) is 35.5 Å². The highest BCUT2D eigenvalue weighted by Gasteiger charge is 2.18. The molecule has 5 N–H and O–H groups in total. The first-order valence-corrected chi connectivity index (χ1v) is 19.8. The normalized spacial score (nSPS) is 11.7. The molecule has 0 aromatic heterocycles. The van der Waals surface area contributed by atoms with E-state index >= 15 is 0 Å². The first-order chi connectivity index (χ1) is 28.9. The molecule has 60 heavy (non-hydrogen) atoms. The van der Waals surface area contributed by atoms with Crippen molar-refractivity contribution in [3.8, 4) is 11.5 Å². The Morgan fingerprint density at radius 3 is 1.65 bits per heavy atom. The molecule has 0 bridgehead atoms. The molecular weight excluding hydrogens is 763 g/mol. The molecule has 1 aliphatic rings. The Morgan fingerprint density at radius 1 is 0.750 bits per heavy atom. The van der Waals surface area contributed by atoms with Crippen LogP contribution in [0.2, 0.25) is 0 Å². The number of carbonyl (C=O) groups excluding carboxylic acids is 3. The molecule has 1 atom stereocenters. The fraction of sp³-hybridized carbons (Fsp3) is 0.426. The van der Waals surface area contributed by atoms with Gasteiger partial charge in [-0.1, -0.05) is 69.5 Å². The van der Waals surface area contributed by atoms with Crippen LogP contribution in [0.3, 0.4) is 0 Å². The minimum Gasteiger partial charge on any atom is -0.497 e. The van der Waals surface area contributed by atoms with E-state index in [1.807, 2.05) is 97.7 Å². The van der Waals surface area contributed by atoms with E-state index in [1.165, 1.54) is 30.2 Å². The maximum absolute atomic E-state index is 11.1. The number of hydrogen-bond acceptors (Lipinski definition) is 10. The van der Waals surface area contributed by atoms with E-state index in [4.69, 9.17) is 19.9 Å². The Balaban J connectivity index is -0.000000652. The number of rotatable bonds is 14. The molecule has 1 fully saturated rings. The van der Waals surface area contributed by atoms with Crippen molar-refractivity contribution in [2.75, 3.05) is 99.2 Å². The average Bonchev–Trinajstić information content (AvgIpc) is 3.30. The number of methoxy groups -OCH3 is 4. The molecular formula is C47H75N5O8.